The standard InChI is InChI=1S/C67H59N5O/c1-65(2,3)48-33-46(54-23-17-25-60-63(54)70-64(57-41-51(68-10)27-29-62(57)73)72(60)53-39-49(66(4,5)6)38-50(40-53)67(7,8)9)32-47(34-48)58-36-45(30-31-69-58)44-26-28-56-55-22-14-15-24-59(55)71(61(56)37-44)52-21-16-20-43(35-52)42-18-12-11-13-19-42/h11-41,73H,1-9H3. The molecule has 0 radical (unpaired) electrons. The first-order valence-corrected chi connectivity index (χ1v) is 25.1. The van der Waals surface area contributed by atoms with Crippen LogP contribution < -0.4 is 0 Å². The maximum atomic E-state index is 11.6. The molecular weight excluding hydrogens is 891 g/mol. The summed E-state index contributed by atoms with van der Waals surface area (Å²) in [4.78, 5) is 14.3. The summed E-state index contributed by atoms with van der Waals surface area (Å²) in [5.74, 6) is 0.632. The molecule has 0 fully saturated rings. The van der Waals surface area contributed by atoms with Gasteiger partial charge in [0.05, 0.1) is 34.3 Å². The molecule has 3 aromatic heterocycles. The maximum Gasteiger partial charge on any atom is 0.188 e. The number of para-hydroxylation sites is 2. The Morgan fingerprint density at radius 3 is 1.81 bits per heavy atom. The topological polar surface area (TPSA) is 60.2 Å². The molecule has 11 rings (SSSR count). The number of phenols is 1. The third kappa shape index (κ3) is 8.65. The highest BCUT2D eigenvalue weighted by atomic mass is 16.3. The smallest absolute Gasteiger partial charge is 0.188 e. The van der Waals surface area contributed by atoms with Gasteiger partial charge in [-0.2, -0.15) is 0 Å². The van der Waals surface area contributed by atoms with E-state index in [0.29, 0.717) is 17.1 Å². The van der Waals surface area contributed by atoms with Gasteiger partial charge in [-0.05, 0) is 140 Å². The number of imidazole rings is 1. The Morgan fingerprint density at radius 2 is 1.07 bits per heavy atom. The quantitative estimate of drug-likeness (QED) is 0.162. The molecule has 73 heavy (non-hydrogen) atoms. The number of pyridine rings is 1. The molecule has 0 spiro atoms. The molecule has 0 aliphatic rings. The molecule has 8 aromatic carbocycles. The van der Waals surface area contributed by atoms with Gasteiger partial charge in [-0.15, -0.1) is 0 Å². The van der Waals surface area contributed by atoms with Gasteiger partial charge in [-0.1, -0.05) is 165 Å². The first-order valence-electron chi connectivity index (χ1n) is 25.1. The third-order valence-corrected chi connectivity index (χ3v) is 14.3. The van der Waals surface area contributed by atoms with Crippen LogP contribution in [0.1, 0.15) is 79.0 Å². The highest BCUT2D eigenvalue weighted by Crippen LogP contribution is 2.43. The zero-order valence-corrected chi connectivity index (χ0v) is 43.1. The van der Waals surface area contributed by atoms with E-state index < -0.39 is 0 Å². The lowest BCUT2D eigenvalue weighted by Gasteiger charge is -2.27. The lowest BCUT2D eigenvalue weighted by Crippen LogP contribution is -2.17. The van der Waals surface area contributed by atoms with Crippen LogP contribution in [0.3, 0.4) is 0 Å². The van der Waals surface area contributed by atoms with E-state index in [4.69, 9.17) is 16.5 Å². The van der Waals surface area contributed by atoms with Gasteiger partial charge in [-0.25, -0.2) is 9.83 Å². The minimum absolute atomic E-state index is 0.0642. The Labute approximate surface area is 428 Å². The Bertz CT molecular complexity index is 3960. The lowest BCUT2D eigenvalue weighted by molar-refractivity contribution is 0.477. The Kier molecular flexibility index (Phi) is 11.3. The highest BCUT2D eigenvalue weighted by molar-refractivity contribution is 6.10. The van der Waals surface area contributed by atoms with Gasteiger partial charge in [0.15, 0.2) is 5.69 Å². The molecule has 11 aromatic rings. The number of nitrogens with zero attached hydrogens (tertiary/aromatic N) is 5. The van der Waals surface area contributed by atoms with Crippen LogP contribution in [0.2, 0.25) is 0 Å². The molecule has 0 aliphatic carbocycles. The van der Waals surface area contributed by atoms with Crippen molar-refractivity contribution in [2.24, 2.45) is 0 Å². The monoisotopic (exact) mass is 949 g/mol. The van der Waals surface area contributed by atoms with Crippen molar-refractivity contribution in [3.05, 3.63) is 216 Å². The van der Waals surface area contributed by atoms with E-state index in [-0.39, 0.29) is 22.0 Å². The molecule has 1 N–H and O–H groups in total. The van der Waals surface area contributed by atoms with E-state index in [0.717, 1.165) is 67.0 Å². The normalized spacial score (nSPS) is 12.2. The molecule has 6 heteroatoms. The summed E-state index contributed by atoms with van der Waals surface area (Å²) in [7, 11) is 0. The van der Waals surface area contributed by atoms with E-state index in [1.165, 1.54) is 38.6 Å². The number of hydrogen-bond acceptors (Lipinski definition) is 3. The van der Waals surface area contributed by atoms with Crippen LogP contribution in [0.25, 0.3) is 105 Å². The van der Waals surface area contributed by atoms with Crippen molar-refractivity contribution in [2.45, 2.75) is 78.6 Å². The number of hydrogen-bond donors (Lipinski definition) is 1. The first kappa shape index (κ1) is 46.8. The first-order chi connectivity index (χ1) is 34.9. The number of benzene rings is 8. The van der Waals surface area contributed by atoms with Crippen LogP contribution in [0.15, 0.2) is 188 Å². The molecule has 0 saturated carbocycles. The predicted octanol–water partition coefficient (Wildman–Crippen LogP) is 18.0. The summed E-state index contributed by atoms with van der Waals surface area (Å²) in [5.41, 5.74) is 18.5. The van der Waals surface area contributed by atoms with E-state index >= 15 is 0 Å². The van der Waals surface area contributed by atoms with E-state index in [9.17, 15) is 5.11 Å². The summed E-state index contributed by atoms with van der Waals surface area (Å²) in [5, 5.41) is 14.0. The van der Waals surface area contributed by atoms with Crippen molar-refractivity contribution < 1.29 is 5.11 Å². The fourth-order valence-corrected chi connectivity index (χ4v) is 10.2. The predicted molar refractivity (Wildman–Crippen MR) is 304 cm³/mol. The number of aromatic nitrogens is 4. The van der Waals surface area contributed by atoms with Crippen LogP contribution in [-0.4, -0.2) is 24.2 Å². The fourth-order valence-electron chi connectivity index (χ4n) is 10.2. The number of rotatable bonds is 7. The average Bonchev–Trinajstić information content (AvgIpc) is 3.94. The van der Waals surface area contributed by atoms with Crippen molar-refractivity contribution in [1.82, 2.24) is 19.1 Å². The molecule has 0 unspecified atom stereocenters. The van der Waals surface area contributed by atoms with Gasteiger partial charge in [0.25, 0.3) is 0 Å². The van der Waals surface area contributed by atoms with Crippen molar-refractivity contribution in [1.29, 1.82) is 0 Å². The van der Waals surface area contributed by atoms with Gasteiger partial charge >= 0.3 is 0 Å². The van der Waals surface area contributed by atoms with Gasteiger partial charge in [-0.3, -0.25) is 9.55 Å². The lowest BCUT2D eigenvalue weighted by atomic mass is 9.80. The minimum Gasteiger partial charge on any atom is -0.507 e. The third-order valence-electron chi connectivity index (χ3n) is 14.3. The fraction of sp³-hybridized carbons (Fsp3) is 0.179. The summed E-state index contributed by atoms with van der Waals surface area (Å²) < 4.78 is 4.56. The van der Waals surface area contributed by atoms with E-state index in [1.54, 1.807) is 18.2 Å². The van der Waals surface area contributed by atoms with Gasteiger partial charge in [0.1, 0.15) is 11.6 Å². The SMILES string of the molecule is [C-]#[N+]c1ccc(O)c(-c2nc3c(-c4cc(-c5cc(-c6ccc7c8ccccc8n(-c8cccc(-c9ccccc9)c8)c7c6)ccn5)cc(C(C)(C)C)c4)cccc3n2-c2cc(C(C)(C)C)cc(C(C)(C)C)c2)c1. The van der Waals surface area contributed by atoms with E-state index in [2.05, 4.69) is 240 Å². The number of phenolic OH excluding ortho intramolecular Hbond substituents is 1. The second kappa shape index (κ2) is 17.6. The minimum atomic E-state index is -0.195. The van der Waals surface area contributed by atoms with E-state index in [1.807, 2.05) is 6.20 Å². The van der Waals surface area contributed by atoms with Crippen LogP contribution in [-0.2, 0) is 16.2 Å². The molecule has 0 bridgehead atoms. The van der Waals surface area contributed by atoms with Crippen molar-refractivity contribution in [3.63, 3.8) is 0 Å². The van der Waals surface area contributed by atoms with Crippen LogP contribution in [0.4, 0.5) is 5.69 Å². The Morgan fingerprint density at radius 1 is 0.438 bits per heavy atom. The van der Waals surface area contributed by atoms with Gasteiger partial charge in [0, 0.05) is 45.0 Å². The van der Waals surface area contributed by atoms with Crippen molar-refractivity contribution in [3.8, 4) is 73.2 Å². The maximum absolute atomic E-state index is 11.6. The second-order valence-corrected chi connectivity index (χ2v) is 22.5. The second-order valence-electron chi connectivity index (χ2n) is 22.5. The Balaban J connectivity index is 1.08. The Hall–Kier alpha value is -8.53. The molecule has 3 heterocycles. The van der Waals surface area contributed by atoms with Gasteiger partial charge < -0.3 is 9.67 Å². The summed E-state index contributed by atoms with van der Waals surface area (Å²) >= 11 is 0. The molecule has 0 saturated heterocycles. The molecular formula is C67H59N5O. The summed E-state index contributed by atoms with van der Waals surface area (Å²) in [6.07, 6.45) is 1.92. The highest BCUT2D eigenvalue weighted by Gasteiger charge is 2.26. The molecule has 6 nitrogen and oxygen atoms in total. The largest absolute Gasteiger partial charge is 0.507 e. The van der Waals surface area contributed by atoms with Crippen LogP contribution in [0, 0.1) is 6.57 Å². The van der Waals surface area contributed by atoms with Crippen molar-refractivity contribution in [2.75, 3.05) is 0 Å². The zero-order chi connectivity index (χ0) is 51.0. The number of aromatic hydroxyl groups is 1. The summed E-state index contributed by atoms with van der Waals surface area (Å²) in [6, 6.07) is 64.2. The number of fused-ring (bicyclic) bond motifs is 4. The molecule has 0 atom stereocenters. The van der Waals surface area contributed by atoms with Crippen LogP contribution in [0.5, 0.6) is 5.75 Å². The van der Waals surface area contributed by atoms with Crippen LogP contribution >= 0.6 is 0 Å². The molecule has 358 valence electrons. The summed E-state index contributed by atoms with van der Waals surface area (Å²) in [6.45, 7) is 28.1. The average molecular weight is 950 g/mol. The van der Waals surface area contributed by atoms with Gasteiger partial charge in [0.2, 0.25) is 0 Å². The molecule has 0 amide bonds. The molecule has 0 aliphatic heterocycles. The van der Waals surface area contributed by atoms with Crippen molar-refractivity contribution >= 4 is 38.5 Å². The zero-order valence-electron chi connectivity index (χ0n) is 43.1.